The number of ether oxygens (including phenoxy) is 4. The van der Waals surface area contributed by atoms with Crippen LogP contribution in [0.5, 0.6) is 0 Å². The Hall–Kier alpha value is -2.75. The number of Topliss-reactive ketones (excluding diaryl/α,β-unsaturated/α-hetero) is 2. The van der Waals surface area contributed by atoms with E-state index in [1.54, 1.807) is 18.3 Å². The average Bonchev–Trinajstić information content (AvgIpc) is 3.83. The first-order chi connectivity index (χ1) is 22.2. The average molecular weight is 653 g/mol. The molecule has 2 heterocycles. The standard InChI is InChI=1S/C37H48O8S/c1-6-21-11-8-7-10-19(2)34(39)28-16-25-23-14-22(45-37(41)36(43-5)20(3)42-4)15-24(23)26-17-29(30-12-9-13-46-30)35(40)33(26)32(25)27(28)18-31(38)44-21/h9,12-13,16-17,19,21-27,32-33,37,41H,6-8,10-11,14-15,18H2,1-5H3/b36-20+/t19-,21+,22+,23-,24?,25+,26?,27-,32-,33?,37+/m1/s1. The molecule has 1 aromatic heterocycles. The molecule has 1 saturated heterocycles. The number of methoxy groups -OCH3 is 2. The van der Waals surface area contributed by atoms with Gasteiger partial charge < -0.3 is 24.1 Å². The van der Waals surface area contributed by atoms with Gasteiger partial charge >= 0.3 is 5.97 Å². The summed E-state index contributed by atoms with van der Waals surface area (Å²) in [6.45, 7) is 5.77. The van der Waals surface area contributed by atoms with Crippen LogP contribution in [0.4, 0.5) is 0 Å². The molecular formula is C37H48O8S. The fourth-order valence-corrected chi connectivity index (χ4v) is 10.1. The van der Waals surface area contributed by atoms with Crippen molar-refractivity contribution in [2.24, 2.45) is 47.3 Å². The monoisotopic (exact) mass is 652 g/mol. The Morgan fingerprint density at radius 1 is 1.04 bits per heavy atom. The Balaban J connectivity index is 1.38. The minimum Gasteiger partial charge on any atom is -0.498 e. The highest BCUT2D eigenvalue weighted by molar-refractivity contribution is 7.11. The Labute approximate surface area is 276 Å². The van der Waals surface area contributed by atoms with Gasteiger partial charge in [0.1, 0.15) is 11.9 Å². The van der Waals surface area contributed by atoms with E-state index in [0.29, 0.717) is 18.6 Å². The second-order valence-electron chi connectivity index (χ2n) is 13.9. The van der Waals surface area contributed by atoms with Gasteiger partial charge in [0, 0.05) is 28.2 Å². The van der Waals surface area contributed by atoms with Gasteiger partial charge in [0.2, 0.25) is 6.29 Å². The number of allylic oxidation sites excluding steroid dienone is 5. The first kappa shape index (κ1) is 33.2. The predicted octanol–water partition coefficient (Wildman–Crippen LogP) is 6.49. The summed E-state index contributed by atoms with van der Waals surface area (Å²) in [5.74, 6) is -0.229. The summed E-state index contributed by atoms with van der Waals surface area (Å²) in [6, 6.07) is 3.96. The van der Waals surface area contributed by atoms with Crippen LogP contribution in [0.15, 0.2) is 46.8 Å². The van der Waals surface area contributed by atoms with Crippen molar-refractivity contribution in [3.8, 4) is 0 Å². The third kappa shape index (κ3) is 6.03. The van der Waals surface area contributed by atoms with Gasteiger partial charge in [0.25, 0.3) is 0 Å². The Kier molecular flexibility index (Phi) is 9.93. The van der Waals surface area contributed by atoms with Crippen molar-refractivity contribution < 1.29 is 38.4 Å². The molecular weight excluding hydrogens is 604 g/mol. The summed E-state index contributed by atoms with van der Waals surface area (Å²) in [5, 5.41) is 13.0. The van der Waals surface area contributed by atoms with E-state index in [1.807, 2.05) is 31.4 Å². The molecule has 9 heteroatoms. The van der Waals surface area contributed by atoms with E-state index in [1.165, 1.54) is 14.2 Å². The van der Waals surface area contributed by atoms with Gasteiger partial charge in [-0.25, -0.2) is 0 Å². The van der Waals surface area contributed by atoms with E-state index in [0.717, 1.165) is 48.1 Å². The molecule has 0 bridgehead atoms. The zero-order valence-electron chi connectivity index (χ0n) is 27.6. The van der Waals surface area contributed by atoms with Crippen molar-refractivity contribution >= 4 is 34.4 Å². The predicted molar refractivity (Wildman–Crippen MR) is 174 cm³/mol. The molecule has 0 radical (unpaired) electrons. The molecule has 5 aliphatic rings. The molecule has 46 heavy (non-hydrogen) atoms. The molecule has 250 valence electrons. The van der Waals surface area contributed by atoms with Gasteiger partial charge in [-0.05, 0) is 92.1 Å². The summed E-state index contributed by atoms with van der Waals surface area (Å²) in [7, 11) is 3.00. The minimum atomic E-state index is -1.29. The SMILES string of the molecule is CC[C@H]1CCCC[C@@H](C)C(=O)C2=C[C@@H]3[C@@H](C4C(=O)C(c5cccs5)=CC4C4C[C@@H](O[C@H](O)/C(OC)=C(/C)OC)C[C@H]43)[C@@H]2CC(=O)O1. The Bertz CT molecular complexity index is 1410. The fourth-order valence-electron chi connectivity index (χ4n) is 9.33. The number of esters is 1. The Morgan fingerprint density at radius 2 is 1.78 bits per heavy atom. The van der Waals surface area contributed by atoms with Crippen LogP contribution >= 0.6 is 11.3 Å². The molecule has 0 spiro atoms. The van der Waals surface area contributed by atoms with Crippen molar-refractivity contribution in [3.05, 3.63) is 51.6 Å². The quantitative estimate of drug-likeness (QED) is 0.202. The highest BCUT2D eigenvalue weighted by atomic mass is 32.1. The third-order valence-corrected chi connectivity index (χ3v) is 12.4. The fraction of sp³-hybridized carbons (Fsp3) is 0.649. The Morgan fingerprint density at radius 3 is 2.46 bits per heavy atom. The summed E-state index contributed by atoms with van der Waals surface area (Å²) in [4.78, 5) is 43.1. The normalized spacial score (nSPS) is 37.3. The van der Waals surface area contributed by atoms with Crippen LogP contribution in [0.25, 0.3) is 5.57 Å². The molecule has 1 N–H and O–H groups in total. The lowest BCUT2D eigenvalue weighted by atomic mass is 9.57. The first-order valence-corrected chi connectivity index (χ1v) is 17.9. The van der Waals surface area contributed by atoms with E-state index in [4.69, 9.17) is 18.9 Å². The van der Waals surface area contributed by atoms with Gasteiger partial charge in [0.15, 0.2) is 17.3 Å². The van der Waals surface area contributed by atoms with Gasteiger partial charge in [-0.3, -0.25) is 14.4 Å². The third-order valence-electron chi connectivity index (χ3n) is 11.5. The molecule has 11 atom stereocenters. The summed E-state index contributed by atoms with van der Waals surface area (Å²) in [6.07, 6.45) is 8.29. The molecule has 4 aliphatic carbocycles. The smallest absolute Gasteiger partial charge is 0.306 e. The molecule has 1 aromatic rings. The number of hydrogen-bond donors (Lipinski definition) is 1. The zero-order chi connectivity index (χ0) is 32.7. The van der Waals surface area contributed by atoms with Crippen molar-refractivity contribution in [2.75, 3.05) is 14.2 Å². The molecule has 0 aromatic carbocycles. The summed E-state index contributed by atoms with van der Waals surface area (Å²) < 4.78 is 22.9. The number of ketones is 2. The van der Waals surface area contributed by atoms with Gasteiger partial charge in [-0.1, -0.05) is 38.5 Å². The van der Waals surface area contributed by atoms with Crippen molar-refractivity contribution in [1.82, 2.24) is 0 Å². The highest BCUT2D eigenvalue weighted by Gasteiger charge is 2.62. The second-order valence-corrected chi connectivity index (χ2v) is 14.9. The number of fused-ring (bicyclic) bond motifs is 8. The van der Waals surface area contributed by atoms with E-state index in [9.17, 15) is 19.5 Å². The minimum absolute atomic E-state index is 0.0409. The lowest BCUT2D eigenvalue weighted by molar-refractivity contribution is -0.152. The summed E-state index contributed by atoms with van der Waals surface area (Å²) >= 11 is 1.56. The number of hydrogen-bond acceptors (Lipinski definition) is 9. The maximum absolute atomic E-state index is 14.4. The van der Waals surface area contributed by atoms with E-state index >= 15 is 0 Å². The van der Waals surface area contributed by atoms with E-state index in [-0.39, 0.29) is 89.3 Å². The second kappa shape index (κ2) is 13.8. The number of carbonyl (C=O) groups excluding carboxylic acids is 3. The van der Waals surface area contributed by atoms with Crippen molar-refractivity contribution in [3.63, 3.8) is 0 Å². The van der Waals surface area contributed by atoms with Crippen LogP contribution in [-0.2, 0) is 33.3 Å². The molecule has 6 rings (SSSR count). The number of aliphatic hydroxyl groups is 1. The number of rotatable bonds is 7. The molecule has 2 saturated carbocycles. The van der Waals surface area contributed by atoms with Crippen LogP contribution in [-0.4, -0.2) is 55.4 Å². The van der Waals surface area contributed by atoms with Crippen LogP contribution in [0, 0.1) is 47.3 Å². The number of aliphatic hydroxyl groups excluding tert-OH is 1. The van der Waals surface area contributed by atoms with E-state index in [2.05, 4.69) is 12.2 Å². The highest BCUT2D eigenvalue weighted by Crippen LogP contribution is 2.63. The summed E-state index contributed by atoms with van der Waals surface area (Å²) in [5.41, 5.74) is 1.47. The number of carbonyl (C=O) groups is 3. The van der Waals surface area contributed by atoms with Crippen molar-refractivity contribution in [1.29, 1.82) is 0 Å². The van der Waals surface area contributed by atoms with Gasteiger partial charge in [0.05, 0.1) is 26.7 Å². The van der Waals surface area contributed by atoms with Gasteiger partial charge in [-0.15, -0.1) is 11.3 Å². The molecule has 1 aliphatic heterocycles. The maximum atomic E-state index is 14.4. The molecule has 8 nitrogen and oxygen atoms in total. The lowest BCUT2D eigenvalue weighted by Crippen LogP contribution is -2.45. The van der Waals surface area contributed by atoms with Crippen molar-refractivity contribution in [2.45, 2.75) is 90.6 Å². The van der Waals surface area contributed by atoms with Gasteiger partial charge in [-0.2, -0.15) is 0 Å². The number of thiophene rings is 1. The molecule has 0 amide bonds. The maximum Gasteiger partial charge on any atom is 0.306 e. The lowest BCUT2D eigenvalue weighted by Gasteiger charge is -2.45. The van der Waals surface area contributed by atoms with Crippen LogP contribution in [0.2, 0.25) is 0 Å². The first-order valence-electron chi connectivity index (χ1n) is 17.0. The topological polar surface area (TPSA) is 108 Å². The largest absolute Gasteiger partial charge is 0.498 e. The van der Waals surface area contributed by atoms with Crippen LogP contribution < -0.4 is 0 Å². The zero-order valence-corrected chi connectivity index (χ0v) is 28.4. The molecule has 3 unspecified atom stereocenters. The number of cyclic esters (lactones) is 1. The van der Waals surface area contributed by atoms with Crippen LogP contribution in [0.1, 0.15) is 77.0 Å². The van der Waals surface area contributed by atoms with E-state index < -0.39 is 6.29 Å². The molecule has 3 fully saturated rings. The van der Waals surface area contributed by atoms with Crippen LogP contribution in [0.3, 0.4) is 0 Å².